The van der Waals surface area contributed by atoms with Gasteiger partial charge in [-0.1, -0.05) is 156 Å². The van der Waals surface area contributed by atoms with E-state index >= 15 is 0 Å². The van der Waals surface area contributed by atoms with Crippen LogP contribution in [-0.2, 0) is 0 Å². The molecule has 4 nitrogen and oxygen atoms in total. The molecule has 47 heavy (non-hydrogen) atoms. The third kappa shape index (κ3) is 5.65. The molecule has 0 fully saturated rings. The van der Waals surface area contributed by atoms with E-state index in [1.165, 1.54) is 33.1 Å². The van der Waals surface area contributed by atoms with Crippen molar-refractivity contribution in [2.24, 2.45) is 0 Å². The first kappa shape index (κ1) is 30.6. The van der Waals surface area contributed by atoms with Crippen LogP contribution in [0, 0.1) is 0 Å². The predicted molar refractivity (Wildman–Crippen MR) is 199 cm³/mol. The minimum absolute atomic E-state index is 0.0682. The Labute approximate surface area is 279 Å². The SMILES string of the molecule is CC(C)c1cc(C(C)C)c(B2c3ccccc3N(c3nc(-c4ccccc4)nc(-c4ccccc4)n3)c3ccccc32)c(C(C)C)c1. The maximum atomic E-state index is 5.17. The van der Waals surface area contributed by atoms with E-state index in [9.17, 15) is 0 Å². The van der Waals surface area contributed by atoms with Crippen LogP contribution in [0.25, 0.3) is 22.8 Å². The second-order valence-electron chi connectivity index (χ2n) is 13.5. The average molecular weight is 613 g/mol. The monoisotopic (exact) mass is 612 g/mol. The summed E-state index contributed by atoms with van der Waals surface area (Å²) in [5.74, 6) is 3.13. The Morgan fingerprint density at radius 2 is 0.915 bits per heavy atom. The van der Waals surface area contributed by atoms with Crippen molar-refractivity contribution < 1.29 is 0 Å². The highest BCUT2D eigenvalue weighted by Gasteiger charge is 2.39. The van der Waals surface area contributed by atoms with Crippen LogP contribution in [0.15, 0.2) is 121 Å². The molecule has 0 unspecified atom stereocenters. The van der Waals surface area contributed by atoms with Crippen LogP contribution in [0.3, 0.4) is 0 Å². The van der Waals surface area contributed by atoms with Crippen molar-refractivity contribution in [1.82, 2.24) is 15.0 Å². The summed E-state index contributed by atoms with van der Waals surface area (Å²) in [4.78, 5) is 17.6. The van der Waals surface area contributed by atoms with Gasteiger partial charge in [-0.15, -0.1) is 0 Å². The van der Waals surface area contributed by atoms with Gasteiger partial charge in [0.1, 0.15) is 0 Å². The first-order valence-electron chi connectivity index (χ1n) is 16.8. The van der Waals surface area contributed by atoms with Crippen molar-refractivity contribution in [3.8, 4) is 22.8 Å². The van der Waals surface area contributed by atoms with Crippen molar-refractivity contribution in [3.05, 3.63) is 138 Å². The highest BCUT2D eigenvalue weighted by molar-refractivity contribution is 6.98. The summed E-state index contributed by atoms with van der Waals surface area (Å²) in [6.45, 7) is 14.0. The number of fused-ring (bicyclic) bond motifs is 2. The molecular weight excluding hydrogens is 571 g/mol. The number of benzene rings is 5. The Bertz CT molecular complexity index is 1900. The smallest absolute Gasteiger partial charge is 0.247 e. The van der Waals surface area contributed by atoms with Crippen molar-refractivity contribution >= 4 is 40.4 Å². The lowest BCUT2D eigenvalue weighted by atomic mass is 9.33. The van der Waals surface area contributed by atoms with E-state index < -0.39 is 0 Å². The van der Waals surface area contributed by atoms with Gasteiger partial charge < -0.3 is 0 Å². The zero-order valence-corrected chi connectivity index (χ0v) is 28.1. The van der Waals surface area contributed by atoms with Gasteiger partial charge in [-0.25, -0.2) is 4.98 Å². The van der Waals surface area contributed by atoms with E-state index in [1.807, 2.05) is 36.4 Å². The molecule has 0 bridgehead atoms. The number of anilines is 3. The third-order valence-electron chi connectivity index (χ3n) is 9.33. The van der Waals surface area contributed by atoms with Gasteiger partial charge >= 0.3 is 0 Å². The molecule has 5 heteroatoms. The van der Waals surface area contributed by atoms with Gasteiger partial charge in [-0.05, 0) is 57.5 Å². The Hall–Kier alpha value is -5.03. The fourth-order valence-electron chi connectivity index (χ4n) is 6.94. The van der Waals surface area contributed by atoms with Crippen molar-refractivity contribution in [2.45, 2.75) is 59.3 Å². The van der Waals surface area contributed by atoms with Crippen LogP contribution in [-0.4, -0.2) is 21.7 Å². The number of rotatable bonds is 7. The average Bonchev–Trinajstić information content (AvgIpc) is 3.10. The standard InChI is InChI=1S/C42H41BN4/c1-27(2)32-25-33(28(3)4)39(34(26-32)29(5)6)43-35-21-13-15-23-37(35)47(38-24-16-14-22-36(38)43)42-45-40(30-17-9-7-10-18-30)44-41(46-42)31-19-11-8-12-20-31/h7-29H,1-6H3. The van der Waals surface area contributed by atoms with Gasteiger partial charge in [0.05, 0.1) is 0 Å². The summed E-state index contributed by atoms with van der Waals surface area (Å²) in [7, 11) is 0. The third-order valence-corrected chi connectivity index (χ3v) is 9.33. The largest absolute Gasteiger partial charge is 0.280 e. The molecule has 232 valence electrons. The molecule has 6 aromatic rings. The number of hydrogen-bond acceptors (Lipinski definition) is 4. The van der Waals surface area contributed by atoms with Crippen LogP contribution in [0.1, 0.15) is 76.0 Å². The molecule has 0 amide bonds. The Kier molecular flexibility index (Phi) is 8.23. The topological polar surface area (TPSA) is 41.9 Å². The summed E-state index contributed by atoms with van der Waals surface area (Å²) in [6.07, 6.45) is 0. The normalized spacial score (nSPS) is 12.5. The quantitative estimate of drug-likeness (QED) is 0.169. The summed E-state index contributed by atoms with van der Waals surface area (Å²) in [5, 5.41) is 0. The number of para-hydroxylation sites is 2. The van der Waals surface area contributed by atoms with E-state index in [4.69, 9.17) is 15.0 Å². The lowest BCUT2D eigenvalue weighted by Crippen LogP contribution is -2.59. The minimum Gasteiger partial charge on any atom is -0.280 e. The summed E-state index contributed by atoms with van der Waals surface area (Å²) < 4.78 is 0. The van der Waals surface area contributed by atoms with Gasteiger partial charge in [0.2, 0.25) is 12.7 Å². The predicted octanol–water partition coefficient (Wildman–Crippen LogP) is 8.88. The molecule has 5 aromatic carbocycles. The first-order chi connectivity index (χ1) is 22.8. The molecule has 0 saturated carbocycles. The highest BCUT2D eigenvalue weighted by Crippen LogP contribution is 2.37. The van der Waals surface area contributed by atoms with Crippen LogP contribution in [0.5, 0.6) is 0 Å². The first-order valence-corrected chi connectivity index (χ1v) is 16.8. The summed E-state index contributed by atoms with van der Waals surface area (Å²) >= 11 is 0. The molecule has 2 heterocycles. The molecule has 1 aliphatic heterocycles. The molecule has 1 aliphatic rings. The molecular formula is C42H41BN4. The van der Waals surface area contributed by atoms with E-state index in [0.717, 1.165) is 22.5 Å². The Morgan fingerprint density at radius 3 is 1.34 bits per heavy atom. The Balaban J connectivity index is 1.50. The second kappa shape index (κ2) is 12.6. The van der Waals surface area contributed by atoms with Crippen LogP contribution >= 0.6 is 0 Å². The van der Waals surface area contributed by atoms with E-state index in [-0.39, 0.29) is 6.71 Å². The summed E-state index contributed by atoms with van der Waals surface area (Å²) in [6, 6.07) is 43.0. The van der Waals surface area contributed by atoms with Gasteiger partial charge in [0, 0.05) is 22.5 Å². The number of aromatic nitrogens is 3. The fourth-order valence-corrected chi connectivity index (χ4v) is 6.94. The molecule has 0 spiro atoms. The summed E-state index contributed by atoms with van der Waals surface area (Å²) in [5.41, 5.74) is 12.3. The van der Waals surface area contributed by atoms with Gasteiger partial charge in [-0.2, -0.15) is 9.97 Å². The van der Waals surface area contributed by atoms with Crippen molar-refractivity contribution in [2.75, 3.05) is 4.90 Å². The van der Waals surface area contributed by atoms with Crippen molar-refractivity contribution in [1.29, 1.82) is 0 Å². The molecule has 0 radical (unpaired) electrons. The fraction of sp³-hybridized carbons (Fsp3) is 0.214. The van der Waals surface area contributed by atoms with Gasteiger partial charge in [-0.3, -0.25) is 4.90 Å². The molecule has 7 rings (SSSR count). The van der Waals surface area contributed by atoms with Crippen LogP contribution in [0.4, 0.5) is 17.3 Å². The zero-order chi connectivity index (χ0) is 32.7. The highest BCUT2D eigenvalue weighted by atomic mass is 15.3. The van der Waals surface area contributed by atoms with Crippen LogP contribution < -0.4 is 21.3 Å². The molecule has 0 aliphatic carbocycles. The maximum absolute atomic E-state index is 5.17. The Morgan fingerprint density at radius 1 is 0.489 bits per heavy atom. The van der Waals surface area contributed by atoms with Gasteiger partial charge in [0.25, 0.3) is 0 Å². The lowest BCUT2D eigenvalue weighted by Gasteiger charge is -2.37. The molecule has 0 saturated heterocycles. The molecule has 1 aromatic heterocycles. The van der Waals surface area contributed by atoms with E-state index in [2.05, 4.69) is 131 Å². The van der Waals surface area contributed by atoms with E-state index in [1.54, 1.807) is 0 Å². The van der Waals surface area contributed by atoms with Crippen molar-refractivity contribution in [3.63, 3.8) is 0 Å². The number of hydrogen-bond donors (Lipinski definition) is 0. The maximum Gasteiger partial charge on any atom is 0.247 e. The minimum atomic E-state index is 0.0682. The second-order valence-corrected chi connectivity index (χ2v) is 13.5. The van der Waals surface area contributed by atoms with E-state index in [0.29, 0.717) is 35.4 Å². The zero-order valence-electron chi connectivity index (χ0n) is 28.1. The lowest BCUT2D eigenvalue weighted by molar-refractivity contribution is 0.812. The van der Waals surface area contributed by atoms with Crippen LogP contribution in [0.2, 0.25) is 0 Å². The molecule has 0 N–H and O–H groups in total. The van der Waals surface area contributed by atoms with Gasteiger partial charge in [0.15, 0.2) is 11.6 Å². The number of nitrogens with zero attached hydrogens (tertiary/aromatic N) is 4. The molecule has 0 atom stereocenters.